The highest BCUT2D eigenvalue weighted by Gasteiger charge is 2.22. The molecular weight excluding hydrogens is 210 g/mol. The number of carbonyl (C=O) groups is 1. The highest BCUT2D eigenvalue weighted by Crippen LogP contribution is 2.12. The summed E-state index contributed by atoms with van der Waals surface area (Å²) in [6, 6.07) is 3.57. The fourth-order valence-corrected chi connectivity index (χ4v) is 1.37. The molecule has 0 saturated carbocycles. The zero-order valence-electron chi connectivity index (χ0n) is 8.89. The molecule has 0 aromatic carbocycles. The average molecular weight is 221 g/mol. The van der Waals surface area contributed by atoms with E-state index in [-0.39, 0.29) is 11.3 Å². The Bertz CT molecular complexity index is 383. The van der Waals surface area contributed by atoms with E-state index in [4.69, 9.17) is 15.3 Å². The first-order chi connectivity index (χ1) is 7.74. The summed E-state index contributed by atoms with van der Waals surface area (Å²) in [4.78, 5) is 12.9. The number of nitrogens with zero attached hydrogens (tertiary/aromatic N) is 3. The molecule has 1 rings (SSSR count). The van der Waals surface area contributed by atoms with Gasteiger partial charge in [-0.1, -0.05) is 0 Å². The van der Waals surface area contributed by atoms with Crippen molar-refractivity contribution in [2.75, 3.05) is 33.4 Å². The van der Waals surface area contributed by atoms with Gasteiger partial charge < -0.3 is 14.4 Å². The number of allylic oxidation sites excluding steroid dienone is 1. The van der Waals surface area contributed by atoms with Crippen LogP contribution in [0.1, 0.15) is 0 Å². The van der Waals surface area contributed by atoms with Crippen LogP contribution in [-0.4, -0.2) is 44.3 Å². The van der Waals surface area contributed by atoms with E-state index in [2.05, 4.69) is 4.74 Å². The second kappa shape index (κ2) is 5.74. The molecule has 0 atom stereocenters. The maximum atomic E-state index is 11.3. The molecule has 0 aromatic rings. The molecule has 16 heavy (non-hydrogen) atoms. The lowest BCUT2D eigenvalue weighted by Gasteiger charge is -2.27. The first kappa shape index (κ1) is 12.0. The summed E-state index contributed by atoms with van der Waals surface area (Å²) in [5.74, 6) is -0.787. The minimum atomic E-state index is -0.787. The summed E-state index contributed by atoms with van der Waals surface area (Å²) >= 11 is 0. The standard InChI is InChI=1S/C10H11N3O3/c1-15-10(14)8(6-11)9(7-12)13-2-4-16-5-3-13/h2-5H2,1H3/b9-8-. The molecule has 1 saturated heterocycles. The van der Waals surface area contributed by atoms with E-state index in [9.17, 15) is 4.79 Å². The van der Waals surface area contributed by atoms with Gasteiger partial charge in [0.15, 0.2) is 5.57 Å². The Morgan fingerprint density at radius 3 is 2.38 bits per heavy atom. The van der Waals surface area contributed by atoms with Gasteiger partial charge in [0.2, 0.25) is 0 Å². The summed E-state index contributed by atoms with van der Waals surface area (Å²) in [6.07, 6.45) is 0. The van der Waals surface area contributed by atoms with E-state index >= 15 is 0 Å². The van der Waals surface area contributed by atoms with Crippen molar-refractivity contribution in [1.29, 1.82) is 10.5 Å². The number of ether oxygens (including phenoxy) is 2. The summed E-state index contributed by atoms with van der Waals surface area (Å²) in [5, 5.41) is 17.8. The summed E-state index contributed by atoms with van der Waals surface area (Å²) in [7, 11) is 1.17. The smallest absolute Gasteiger partial charge is 0.351 e. The topological polar surface area (TPSA) is 86.3 Å². The van der Waals surface area contributed by atoms with E-state index in [1.807, 2.05) is 6.07 Å². The zero-order valence-corrected chi connectivity index (χ0v) is 8.89. The van der Waals surface area contributed by atoms with E-state index in [0.29, 0.717) is 26.3 Å². The van der Waals surface area contributed by atoms with Gasteiger partial charge in [-0.3, -0.25) is 0 Å². The molecular formula is C10H11N3O3. The molecule has 1 aliphatic rings. The molecule has 84 valence electrons. The molecule has 0 unspecified atom stereocenters. The molecule has 1 aliphatic heterocycles. The predicted molar refractivity (Wildman–Crippen MR) is 52.7 cm³/mol. The van der Waals surface area contributed by atoms with E-state index in [0.717, 1.165) is 0 Å². The van der Waals surface area contributed by atoms with Crippen LogP contribution in [0, 0.1) is 22.7 Å². The maximum Gasteiger partial charge on any atom is 0.351 e. The molecule has 0 bridgehead atoms. The van der Waals surface area contributed by atoms with Crippen LogP contribution in [0.25, 0.3) is 0 Å². The third-order valence-corrected chi connectivity index (χ3v) is 2.17. The molecule has 0 aliphatic carbocycles. The van der Waals surface area contributed by atoms with E-state index in [1.165, 1.54) is 7.11 Å². The van der Waals surface area contributed by atoms with Crippen molar-refractivity contribution >= 4 is 5.97 Å². The monoisotopic (exact) mass is 221 g/mol. The number of hydrogen-bond acceptors (Lipinski definition) is 6. The van der Waals surface area contributed by atoms with Crippen LogP contribution < -0.4 is 0 Å². The number of rotatable bonds is 2. The number of esters is 1. The van der Waals surface area contributed by atoms with Gasteiger partial charge in [0.25, 0.3) is 0 Å². The normalized spacial score (nSPS) is 16.8. The van der Waals surface area contributed by atoms with E-state index in [1.54, 1.807) is 11.0 Å². The number of methoxy groups -OCH3 is 1. The molecule has 1 heterocycles. The lowest BCUT2D eigenvalue weighted by atomic mass is 10.2. The summed E-state index contributed by atoms with van der Waals surface area (Å²) < 4.78 is 9.57. The number of morpholine rings is 1. The van der Waals surface area contributed by atoms with Crippen molar-refractivity contribution in [3.05, 3.63) is 11.3 Å². The lowest BCUT2D eigenvalue weighted by Crippen LogP contribution is -2.36. The van der Waals surface area contributed by atoms with Gasteiger partial charge in [-0.05, 0) is 0 Å². The first-order valence-corrected chi connectivity index (χ1v) is 4.70. The summed E-state index contributed by atoms with van der Waals surface area (Å²) in [5.41, 5.74) is -0.204. The van der Waals surface area contributed by atoms with Crippen molar-refractivity contribution in [3.8, 4) is 12.1 Å². The van der Waals surface area contributed by atoms with Crippen molar-refractivity contribution in [3.63, 3.8) is 0 Å². The van der Waals surface area contributed by atoms with Crippen LogP contribution in [0.5, 0.6) is 0 Å². The Morgan fingerprint density at radius 2 is 1.94 bits per heavy atom. The van der Waals surface area contributed by atoms with Crippen molar-refractivity contribution in [2.24, 2.45) is 0 Å². The zero-order chi connectivity index (χ0) is 12.0. The molecule has 1 fully saturated rings. The quantitative estimate of drug-likeness (QED) is 0.364. The fraction of sp³-hybridized carbons (Fsp3) is 0.500. The van der Waals surface area contributed by atoms with Crippen LogP contribution in [0.3, 0.4) is 0 Å². The van der Waals surface area contributed by atoms with E-state index < -0.39 is 5.97 Å². The van der Waals surface area contributed by atoms with Crippen LogP contribution in [0.15, 0.2) is 11.3 Å². The third-order valence-electron chi connectivity index (χ3n) is 2.17. The van der Waals surface area contributed by atoms with Gasteiger partial charge in [-0.25, -0.2) is 4.79 Å². The van der Waals surface area contributed by atoms with Crippen molar-refractivity contribution < 1.29 is 14.3 Å². The largest absolute Gasteiger partial charge is 0.465 e. The molecule has 6 heteroatoms. The first-order valence-electron chi connectivity index (χ1n) is 4.70. The van der Waals surface area contributed by atoms with Crippen LogP contribution >= 0.6 is 0 Å². The highest BCUT2D eigenvalue weighted by atomic mass is 16.5. The van der Waals surface area contributed by atoms with Crippen LogP contribution in [-0.2, 0) is 14.3 Å². The molecule has 0 amide bonds. The molecule has 0 radical (unpaired) electrons. The maximum absolute atomic E-state index is 11.3. The Labute approximate surface area is 93.3 Å². The van der Waals surface area contributed by atoms with Crippen LogP contribution in [0.4, 0.5) is 0 Å². The Kier molecular flexibility index (Phi) is 4.31. The Hall–Kier alpha value is -2.05. The Balaban J connectivity index is 3.02. The lowest BCUT2D eigenvalue weighted by molar-refractivity contribution is -0.135. The second-order valence-corrected chi connectivity index (χ2v) is 3.04. The molecule has 6 nitrogen and oxygen atoms in total. The van der Waals surface area contributed by atoms with Gasteiger partial charge in [0.1, 0.15) is 17.8 Å². The molecule has 0 N–H and O–H groups in total. The van der Waals surface area contributed by atoms with Crippen molar-refractivity contribution in [1.82, 2.24) is 4.90 Å². The molecule has 0 spiro atoms. The molecule has 0 aromatic heterocycles. The van der Waals surface area contributed by atoms with Gasteiger partial charge in [-0.2, -0.15) is 10.5 Å². The number of carbonyl (C=O) groups excluding carboxylic acids is 1. The van der Waals surface area contributed by atoms with Crippen LogP contribution in [0.2, 0.25) is 0 Å². The summed E-state index contributed by atoms with van der Waals surface area (Å²) in [6.45, 7) is 1.94. The number of hydrogen-bond donors (Lipinski definition) is 0. The van der Waals surface area contributed by atoms with Crippen molar-refractivity contribution in [2.45, 2.75) is 0 Å². The highest BCUT2D eigenvalue weighted by molar-refractivity contribution is 5.94. The predicted octanol–water partition coefficient (Wildman–Crippen LogP) is -0.207. The minimum absolute atomic E-state index is 0.0534. The average Bonchev–Trinajstić information content (AvgIpc) is 2.36. The van der Waals surface area contributed by atoms with Gasteiger partial charge in [-0.15, -0.1) is 0 Å². The third kappa shape index (κ3) is 2.50. The number of nitriles is 2. The second-order valence-electron chi connectivity index (χ2n) is 3.04. The van der Waals surface area contributed by atoms with Gasteiger partial charge in [0, 0.05) is 13.1 Å². The SMILES string of the molecule is COC(=O)/C(C#N)=C(/C#N)N1CCOCC1. The Morgan fingerprint density at radius 1 is 1.31 bits per heavy atom. The fourth-order valence-electron chi connectivity index (χ4n) is 1.37. The van der Waals surface area contributed by atoms with Gasteiger partial charge >= 0.3 is 5.97 Å². The van der Waals surface area contributed by atoms with Gasteiger partial charge in [0.05, 0.1) is 20.3 Å². The minimum Gasteiger partial charge on any atom is -0.465 e.